The molecule has 1 saturated heterocycles. The molecule has 0 spiro atoms. The molecular weight excluding hydrogens is 418 g/mol. The van der Waals surface area contributed by atoms with Crippen molar-refractivity contribution < 1.29 is 23.9 Å². The van der Waals surface area contributed by atoms with Crippen molar-refractivity contribution in [2.45, 2.75) is 70.0 Å². The van der Waals surface area contributed by atoms with E-state index in [-0.39, 0.29) is 24.4 Å². The van der Waals surface area contributed by atoms with Crippen molar-refractivity contribution >= 4 is 17.5 Å². The van der Waals surface area contributed by atoms with E-state index in [0.29, 0.717) is 5.56 Å². The molecule has 2 aromatic rings. The topological polar surface area (TPSA) is 88.8 Å². The summed E-state index contributed by atoms with van der Waals surface area (Å²) in [6.07, 6.45) is 11.4. The molecule has 2 unspecified atom stereocenters. The van der Waals surface area contributed by atoms with E-state index in [1.807, 2.05) is 31.5 Å². The maximum absolute atomic E-state index is 13.5. The van der Waals surface area contributed by atoms with E-state index >= 15 is 0 Å². The van der Waals surface area contributed by atoms with Crippen LogP contribution in [-0.2, 0) is 20.7 Å². The highest BCUT2D eigenvalue weighted by molar-refractivity contribution is 6.32. The number of carbonyl (C=O) groups is 3. The van der Waals surface area contributed by atoms with Crippen LogP contribution in [0, 0.1) is 0 Å². The zero-order valence-corrected chi connectivity index (χ0v) is 19.3. The van der Waals surface area contributed by atoms with Crippen molar-refractivity contribution in [3.63, 3.8) is 0 Å². The molecule has 0 bridgehead atoms. The van der Waals surface area contributed by atoms with Crippen LogP contribution in [0.3, 0.4) is 0 Å². The Hall–Kier alpha value is -2.99. The molecule has 4 rings (SSSR count). The number of H-pyrrole nitrogens is 1. The molecule has 6 heteroatoms. The lowest BCUT2D eigenvalue weighted by Crippen LogP contribution is -2.50. The van der Waals surface area contributed by atoms with Crippen molar-refractivity contribution in [3.05, 3.63) is 71.1 Å². The Balaban J connectivity index is 1.55. The highest BCUT2D eigenvalue weighted by Crippen LogP contribution is 2.58. The lowest BCUT2D eigenvalue weighted by atomic mass is 9.72. The third-order valence-electron chi connectivity index (χ3n) is 6.68. The van der Waals surface area contributed by atoms with Crippen LogP contribution < -0.4 is 0 Å². The van der Waals surface area contributed by atoms with E-state index in [0.717, 1.165) is 44.1 Å². The predicted octanol–water partition coefficient (Wildman–Crippen LogP) is 4.99. The first-order chi connectivity index (χ1) is 16.0. The third-order valence-corrected chi connectivity index (χ3v) is 6.68. The Morgan fingerprint density at radius 2 is 1.85 bits per heavy atom. The monoisotopic (exact) mass is 449 g/mol. The van der Waals surface area contributed by atoms with E-state index in [1.54, 1.807) is 24.3 Å². The maximum atomic E-state index is 13.5. The first kappa shape index (κ1) is 23.2. The summed E-state index contributed by atoms with van der Waals surface area (Å²) in [5.74, 6) is -1.55. The zero-order valence-electron chi connectivity index (χ0n) is 19.3. The maximum Gasteiger partial charge on any atom is 0.350 e. The van der Waals surface area contributed by atoms with E-state index in [1.165, 1.54) is 5.56 Å². The van der Waals surface area contributed by atoms with Crippen molar-refractivity contribution in [3.8, 4) is 0 Å². The van der Waals surface area contributed by atoms with Gasteiger partial charge < -0.3 is 14.5 Å². The second-order valence-corrected chi connectivity index (χ2v) is 8.98. The Morgan fingerprint density at radius 1 is 1.09 bits per heavy atom. The number of unbranched alkanes of at least 4 members (excludes halogenated alkanes) is 3. The average molecular weight is 450 g/mol. The first-order valence-corrected chi connectivity index (χ1v) is 11.8. The van der Waals surface area contributed by atoms with Gasteiger partial charge in [0.05, 0.1) is 6.61 Å². The van der Waals surface area contributed by atoms with E-state index in [4.69, 9.17) is 9.47 Å². The molecule has 6 nitrogen and oxygen atoms in total. The second kappa shape index (κ2) is 9.48. The van der Waals surface area contributed by atoms with Crippen molar-refractivity contribution in [1.82, 2.24) is 4.98 Å². The molecule has 2 aliphatic rings. The number of esters is 1. The minimum atomic E-state index is -1.87. The molecule has 1 aliphatic heterocycles. The van der Waals surface area contributed by atoms with Gasteiger partial charge in [0, 0.05) is 29.9 Å². The summed E-state index contributed by atoms with van der Waals surface area (Å²) < 4.78 is 11.4. The number of Topliss-reactive ketones (excluding diaryl/α,β-unsaturated/α-hetero) is 2. The number of rotatable bonds is 11. The molecule has 2 atom stereocenters. The van der Waals surface area contributed by atoms with Gasteiger partial charge in [-0.25, -0.2) is 4.79 Å². The molecule has 1 N–H and O–H groups in total. The van der Waals surface area contributed by atoms with Gasteiger partial charge in [-0.3, -0.25) is 9.59 Å². The molecular formula is C27H31NO5. The number of ketones is 2. The van der Waals surface area contributed by atoms with Crippen LogP contribution in [0.2, 0.25) is 0 Å². The normalized spacial score (nSPS) is 23.8. The van der Waals surface area contributed by atoms with Crippen LogP contribution in [0.15, 0.2) is 54.4 Å². The Bertz CT molecular complexity index is 1070. The number of hydrogen-bond acceptors (Lipinski definition) is 5. The number of epoxide rings is 1. The molecule has 1 aromatic carbocycles. The van der Waals surface area contributed by atoms with Gasteiger partial charge in [-0.2, -0.15) is 0 Å². The van der Waals surface area contributed by atoms with Gasteiger partial charge in [-0.15, -0.1) is 0 Å². The molecule has 174 valence electrons. The van der Waals surface area contributed by atoms with Gasteiger partial charge in [0.1, 0.15) is 0 Å². The minimum Gasteiger partial charge on any atom is -0.463 e. The lowest BCUT2D eigenvalue weighted by molar-refractivity contribution is -0.148. The van der Waals surface area contributed by atoms with Crippen LogP contribution in [0.4, 0.5) is 0 Å². The molecule has 33 heavy (non-hydrogen) atoms. The van der Waals surface area contributed by atoms with Gasteiger partial charge in [-0.1, -0.05) is 62.1 Å². The van der Waals surface area contributed by atoms with Gasteiger partial charge >= 0.3 is 5.97 Å². The number of aromatic amines is 1. The number of ether oxygens (including phenoxy) is 2. The van der Waals surface area contributed by atoms with E-state index in [2.05, 4.69) is 11.9 Å². The summed E-state index contributed by atoms with van der Waals surface area (Å²) in [5.41, 5.74) is -0.588. The van der Waals surface area contributed by atoms with Crippen LogP contribution in [-0.4, -0.2) is 40.3 Å². The number of allylic oxidation sites excluding steroid dienone is 1. The molecule has 0 saturated carbocycles. The number of aryl methyl sites for hydroxylation is 1. The Morgan fingerprint density at radius 3 is 2.55 bits per heavy atom. The van der Waals surface area contributed by atoms with Gasteiger partial charge in [0.2, 0.25) is 5.78 Å². The number of nitrogens with one attached hydrogen (secondary N) is 1. The summed E-state index contributed by atoms with van der Waals surface area (Å²) in [6, 6.07) is 8.64. The van der Waals surface area contributed by atoms with E-state index in [9.17, 15) is 14.4 Å². The average Bonchev–Trinajstić information content (AvgIpc) is 3.26. The van der Waals surface area contributed by atoms with Gasteiger partial charge in [0.25, 0.3) is 5.60 Å². The van der Waals surface area contributed by atoms with Crippen LogP contribution >= 0.6 is 0 Å². The third kappa shape index (κ3) is 4.08. The number of benzene rings is 1. The van der Waals surface area contributed by atoms with Crippen LogP contribution in [0.1, 0.15) is 78.7 Å². The summed E-state index contributed by atoms with van der Waals surface area (Å²) >= 11 is 0. The van der Waals surface area contributed by atoms with E-state index < -0.39 is 23.0 Å². The smallest absolute Gasteiger partial charge is 0.350 e. The predicted molar refractivity (Wildman–Crippen MR) is 124 cm³/mol. The Labute approximate surface area is 194 Å². The summed E-state index contributed by atoms with van der Waals surface area (Å²) in [5, 5.41) is 0. The molecule has 0 radical (unpaired) electrons. The quantitative estimate of drug-likeness (QED) is 0.172. The van der Waals surface area contributed by atoms with Crippen LogP contribution in [0.25, 0.3) is 0 Å². The SMILES string of the molecule is CCCCCCOC(=O)C12OC1(CC=C(C)CCc1cc[nH]c1)C(=O)c1ccccc1C2=O. The molecule has 0 amide bonds. The van der Waals surface area contributed by atoms with Gasteiger partial charge in [-0.05, 0) is 37.8 Å². The first-order valence-electron chi connectivity index (χ1n) is 11.8. The largest absolute Gasteiger partial charge is 0.463 e. The number of carbonyl (C=O) groups excluding carboxylic acids is 3. The number of aromatic nitrogens is 1. The highest BCUT2D eigenvalue weighted by atomic mass is 16.7. The molecule has 2 heterocycles. The second-order valence-electron chi connectivity index (χ2n) is 8.98. The highest BCUT2D eigenvalue weighted by Gasteiger charge is 2.85. The zero-order chi connectivity index (χ0) is 23.5. The number of hydrogen-bond donors (Lipinski definition) is 1. The van der Waals surface area contributed by atoms with Crippen molar-refractivity contribution in [2.24, 2.45) is 0 Å². The molecule has 1 fully saturated rings. The Kier molecular flexibility index (Phi) is 6.66. The fourth-order valence-electron chi connectivity index (χ4n) is 4.61. The summed E-state index contributed by atoms with van der Waals surface area (Å²) in [4.78, 5) is 43.1. The number of fused-ring (bicyclic) bond motifs is 2. The van der Waals surface area contributed by atoms with Crippen molar-refractivity contribution in [1.29, 1.82) is 0 Å². The fourth-order valence-corrected chi connectivity index (χ4v) is 4.61. The summed E-state index contributed by atoms with van der Waals surface area (Å²) in [6.45, 7) is 4.31. The van der Waals surface area contributed by atoms with Gasteiger partial charge in [0.15, 0.2) is 11.4 Å². The lowest BCUT2D eigenvalue weighted by Gasteiger charge is -2.23. The molecule has 1 aromatic heterocycles. The minimum absolute atomic E-state index is 0.163. The van der Waals surface area contributed by atoms with Crippen LogP contribution in [0.5, 0.6) is 0 Å². The fraction of sp³-hybridized carbons (Fsp3) is 0.444. The standard InChI is InChI=1S/C27H31NO5/c1-3-4-5-8-17-32-25(31)27-24(30)22-10-7-6-9-21(22)23(29)26(27,33-27)15-13-19(2)11-12-20-14-16-28-18-20/h6-7,9-10,13-14,16,18,28H,3-5,8,11-12,15,17H2,1-2H3. The van der Waals surface area contributed by atoms with Crippen molar-refractivity contribution in [2.75, 3.05) is 6.61 Å². The summed E-state index contributed by atoms with van der Waals surface area (Å²) in [7, 11) is 0. The molecule has 1 aliphatic carbocycles.